The molecule has 5 nitrogen and oxygen atoms in total. The molecule has 2 rings (SSSR count). The van der Waals surface area contributed by atoms with Gasteiger partial charge in [0.15, 0.2) is 11.6 Å². The zero-order chi connectivity index (χ0) is 15.5. The highest BCUT2D eigenvalue weighted by atomic mass is 35.5. The van der Waals surface area contributed by atoms with Crippen LogP contribution in [0.1, 0.15) is 25.7 Å². The van der Waals surface area contributed by atoms with Gasteiger partial charge in [-0.3, -0.25) is 0 Å². The van der Waals surface area contributed by atoms with E-state index in [2.05, 4.69) is 0 Å². The Kier molecular flexibility index (Phi) is 7.05. The Balaban J connectivity index is 0.00000242. The minimum absolute atomic E-state index is 0. The van der Waals surface area contributed by atoms with Crippen LogP contribution < -0.4 is 10.5 Å². The number of rotatable bonds is 5. The predicted octanol–water partition coefficient (Wildman–Crippen LogP) is 2.15. The SMILES string of the molecule is COc1ccc(S(=O)(=O)N2CCCCC2CCN)cc1F.Cl. The second-order valence-electron chi connectivity index (χ2n) is 5.14. The van der Waals surface area contributed by atoms with Crippen LogP contribution in [-0.2, 0) is 10.0 Å². The van der Waals surface area contributed by atoms with Gasteiger partial charge in [0.25, 0.3) is 0 Å². The number of benzene rings is 1. The van der Waals surface area contributed by atoms with E-state index in [9.17, 15) is 12.8 Å². The quantitative estimate of drug-likeness (QED) is 0.881. The van der Waals surface area contributed by atoms with E-state index in [1.807, 2.05) is 0 Å². The van der Waals surface area contributed by atoms with Gasteiger partial charge < -0.3 is 10.5 Å². The molecule has 1 atom stereocenters. The van der Waals surface area contributed by atoms with E-state index < -0.39 is 15.8 Å². The highest BCUT2D eigenvalue weighted by molar-refractivity contribution is 7.89. The second-order valence-corrected chi connectivity index (χ2v) is 7.03. The van der Waals surface area contributed by atoms with Crippen molar-refractivity contribution in [1.82, 2.24) is 4.31 Å². The minimum atomic E-state index is -3.70. The van der Waals surface area contributed by atoms with Crippen molar-refractivity contribution in [3.63, 3.8) is 0 Å². The molecule has 1 aromatic carbocycles. The van der Waals surface area contributed by atoms with E-state index in [-0.39, 0.29) is 29.1 Å². The maximum Gasteiger partial charge on any atom is 0.243 e. The van der Waals surface area contributed by atoms with Gasteiger partial charge in [0, 0.05) is 12.6 Å². The Morgan fingerprint density at radius 3 is 2.73 bits per heavy atom. The van der Waals surface area contributed by atoms with Gasteiger partial charge in [-0.1, -0.05) is 6.42 Å². The highest BCUT2D eigenvalue weighted by Gasteiger charge is 2.33. The third-order valence-corrected chi connectivity index (χ3v) is 5.75. The lowest BCUT2D eigenvalue weighted by Crippen LogP contribution is -2.44. The third-order valence-electron chi connectivity index (χ3n) is 3.80. The molecule has 0 radical (unpaired) electrons. The number of piperidine rings is 1. The van der Waals surface area contributed by atoms with E-state index in [1.54, 1.807) is 0 Å². The standard InChI is InChI=1S/C14H21FN2O3S.ClH/c1-20-14-6-5-12(10-13(14)15)21(18,19)17-9-3-2-4-11(17)7-8-16;/h5-6,10-11H,2-4,7-9,16H2,1H3;1H. The number of hydrogen-bond donors (Lipinski definition) is 1. The van der Waals surface area contributed by atoms with Crippen molar-refractivity contribution in [3.05, 3.63) is 24.0 Å². The van der Waals surface area contributed by atoms with E-state index in [1.165, 1.54) is 23.5 Å². The van der Waals surface area contributed by atoms with Crippen LogP contribution in [0.3, 0.4) is 0 Å². The molecule has 1 fully saturated rings. The summed E-state index contributed by atoms with van der Waals surface area (Å²) in [6, 6.07) is 3.64. The summed E-state index contributed by atoms with van der Waals surface area (Å²) >= 11 is 0. The van der Waals surface area contributed by atoms with Gasteiger partial charge in [-0.2, -0.15) is 4.31 Å². The topological polar surface area (TPSA) is 72.6 Å². The molecule has 0 spiro atoms. The lowest BCUT2D eigenvalue weighted by molar-refractivity contribution is 0.243. The fraction of sp³-hybridized carbons (Fsp3) is 0.571. The number of ether oxygens (including phenoxy) is 1. The summed E-state index contributed by atoms with van der Waals surface area (Å²) in [6.45, 7) is 0.897. The molecular weight excluding hydrogens is 331 g/mol. The molecule has 1 unspecified atom stereocenters. The summed E-state index contributed by atoms with van der Waals surface area (Å²) < 4.78 is 45.4. The smallest absolute Gasteiger partial charge is 0.243 e. The van der Waals surface area contributed by atoms with Gasteiger partial charge in [-0.15, -0.1) is 12.4 Å². The molecule has 0 aliphatic carbocycles. The second kappa shape index (κ2) is 8.10. The molecule has 1 saturated heterocycles. The van der Waals surface area contributed by atoms with Gasteiger partial charge in [-0.05, 0) is 44.0 Å². The lowest BCUT2D eigenvalue weighted by Gasteiger charge is -2.34. The molecule has 0 bridgehead atoms. The third kappa shape index (κ3) is 3.90. The summed E-state index contributed by atoms with van der Waals surface area (Å²) in [6.07, 6.45) is 3.24. The average molecular weight is 353 g/mol. The lowest BCUT2D eigenvalue weighted by atomic mass is 10.0. The van der Waals surface area contributed by atoms with Gasteiger partial charge in [-0.25, -0.2) is 12.8 Å². The minimum Gasteiger partial charge on any atom is -0.494 e. The summed E-state index contributed by atoms with van der Waals surface area (Å²) in [4.78, 5) is -0.0373. The van der Waals surface area contributed by atoms with Crippen molar-refractivity contribution in [1.29, 1.82) is 0 Å². The number of nitrogens with zero attached hydrogens (tertiary/aromatic N) is 1. The van der Waals surface area contributed by atoms with Crippen molar-refractivity contribution in [2.75, 3.05) is 20.2 Å². The van der Waals surface area contributed by atoms with Crippen LogP contribution in [0.4, 0.5) is 4.39 Å². The first-order chi connectivity index (χ1) is 10.0. The molecule has 0 saturated carbocycles. The van der Waals surface area contributed by atoms with Crippen LogP contribution in [0.5, 0.6) is 5.75 Å². The normalized spacial score (nSPS) is 19.5. The Morgan fingerprint density at radius 2 is 2.14 bits per heavy atom. The number of hydrogen-bond acceptors (Lipinski definition) is 4. The number of methoxy groups -OCH3 is 1. The van der Waals surface area contributed by atoms with Crippen LogP contribution >= 0.6 is 12.4 Å². The molecule has 8 heteroatoms. The molecule has 1 aromatic rings. The van der Waals surface area contributed by atoms with Gasteiger partial charge in [0.2, 0.25) is 10.0 Å². The Hall–Kier alpha value is -0.890. The number of halogens is 2. The van der Waals surface area contributed by atoms with Gasteiger partial charge in [0.1, 0.15) is 0 Å². The number of sulfonamides is 1. The molecule has 1 aliphatic heterocycles. The first-order valence-electron chi connectivity index (χ1n) is 7.06. The van der Waals surface area contributed by atoms with E-state index in [0.717, 1.165) is 25.3 Å². The molecule has 22 heavy (non-hydrogen) atoms. The predicted molar refractivity (Wildman–Crippen MR) is 85.4 cm³/mol. The van der Waals surface area contributed by atoms with E-state index in [4.69, 9.17) is 10.5 Å². The van der Waals surface area contributed by atoms with Crippen LogP contribution in [-0.4, -0.2) is 39.0 Å². The number of nitrogens with two attached hydrogens (primary N) is 1. The van der Waals surface area contributed by atoms with Crippen molar-refractivity contribution in [2.45, 2.75) is 36.6 Å². The zero-order valence-corrected chi connectivity index (χ0v) is 14.1. The van der Waals surface area contributed by atoms with Gasteiger partial charge in [0.05, 0.1) is 12.0 Å². The molecular formula is C14H22ClFN2O3S. The summed E-state index contributed by atoms with van der Waals surface area (Å²) in [5.74, 6) is -0.642. The fourth-order valence-electron chi connectivity index (χ4n) is 2.71. The summed E-state index contributed by atoms with van der Waals surface area (Å²) in [7, 11) is -2.36. The van der Waals surface area contributed by atoms with Crippen molar-refractivity contribution in [3.8, 4) is 5.75 Å². The monoisotopic (exact) mass is 352 g/mol. The first kappa shape index (κ1) is 19.2. The van der Waals surface area contributed by atoms with Crippen molar-refractivity contribution in [2.24, 2.45) is 5.73 Å². The maximum absolute atomic E-state index is 13.8. The molecule has 1 heterocycles. The molecule has 1 aliphatic rings. The van der Waals surface area contributed by atoms with Crippen molar-refractivity contribution < 1.29 is 17.5 Å². The molecule has 126 valence electrons. The zero-order valence-electron chi connectivity index (χ0n) is 12.5. The van der Waals surface area contributed by atoms with E-state index >= 15 is 0 Å². The van der Waals surface area contributed by atoms with Crippen LogP contribution in [0.15, 0.2) is 23.1 Å². The fourth-order valence-corrected chi connectivity index (χ4v) is 4.45. The molecule has 2 N–H and O–H groups in total. The maximum atomic E-state index is 13.8. The molecule has 0 amide bonds. The van der Waals surface area contributed by atoms with Crippen LogP contribution in [0.2, 0.25) is 0 Å². The highest BCUT2D eigenvalue weighted by Crippen LogP contribution is 2.28. The molecule has 0 aromatic heterocycles. The van der Waals surface area contributed by atoms with Gasteiger partial charge >= 0.3 is 0 Å². The Bertz CT molecular complexity index is 596. The largest absolute Gasteiger partial charge is 0.494 e. The first-order valence-corrected chi connectivity index (χ1v) is 8.50. The summed E-state index contributed by atoms with van der Waals surface area (Å²) in [5, 5.41) is 0. The Labute approximate surface area is 137 Å². The van der Waals surface area contributed by atoms with Crippen LogP contribution in [0, 0.1) is 5.82 Å². The van der Waals surface area contributed by atoms with Crippen LogP contribution in [0.25, 0.3) is 0 Å². The van der Waals surface area contributed by atoms with E-state index in [0.29, 0.717) is 19.5 Å². The summed E-state index contributed by atoms with van der Waals surface area (Å²) in [5.41, 5.74) is 5.57. The van der Waals surface area contributed by atoms with Crippen molar-refractivity contribution >= 4 is 22.4 Å². The Morgan fingerprint density at radius 1 is 1.41 bits per heavy atom. The average Bonchev–Trinajstić information content (AvgIpc) is 2.48.